The molecule has 0 aliphatic carbocycles. The molecule has 0 atom stereocenters. The normalized spacial score (nSPS) is 10.4. The van der Waals surface area contributed by atoms with Crippen LogP contribution in [0.3, 0.4) is 0 Å². The van der Waals surface area contributed by atoms with Crippen molar-refractivity contribution in [1.29, 1.82) is 0 Å². The number of hydrogen-bond acceptors (Lipinski definition) is 5. The lowest BCUT2D eigenvalue weighted by molar-refractivity contribution is -0.142. The standard InChI is InChI=1S/C21H27N3O4/c1-5-7-10-17-14-19(22-21(26)28-15(3)4)24(23-17)18-11-8-9-16(12-18)13-20(25)27-6-2/h8-9,11-12,14H,3,5-7,10,13H2,1-2,4H3,(H,22,26). The van der Waals surface area contributed by atoms with Crippen LogP contribution in [0.5, 0.6) is 0 Å². The Balaban J connectivity index is 2.31. The van der Waals surface area contributed by atoms with E-state index < -0.39 is 6.09 Å². The van der Waals surface area contributed by atoms with Crippen molar-refractivity contribution < 1.29 is 19.1 Å². The monoisotopic (exact) mass is 385 g/mol. The minimum atomic E-state index is -0.627. The van der Waals surface area contributed by atoms with Crippen LogP contribution in [0.15, 0.2) is 42.7 Å². The van der Waals surface area contributed by atoms with Crippen molar-refractivity contribution in [3.8, 4) is 5.69 Å². The lowest BCUT2D eigenvalue weighted by Gasteiger charge is -2.10. The molecule has 0 aliphatic rings. The molecule has 28 heavy (non-hydrogen) atoms. The number of carbonyl (C=O) groups is 2. The van der Waals surface area contributed by atoms with Gasteiger partial charge in [-0.1, -0.05) is 32.1 Å². The van der Waals surface area contributed by atoms with Crippen LogP contribution in [0.2, 0.25) is 0 Å². The molecule has 2 aromatic rings. The average Bonchev–Trinajstić information content (AvgIpc) is 3.02. The van der Waals surface area contributed by atoms with Gasteiger partial charge < -0.3 is 9.47 Å². The Morgan fingerprint density at radius 3 is 2.71 bits per heavy atom. The number of aryl methyl sites for hydroxylation is 1. The van der Waals surface area contributed by atoms with Gasteiger partial charge in [0.1, 0.15) is 5.82 Å². The maximum Gasteiger partial charge on any atom is 0.417 e. The number of unbranched alkanes of at least 4 members (excludes halogenated alkanes) is 1. The Morgan fingerprint density at radius 1 is 1.25 bits per heavy atom. The molecule has 0 saturated carbocycles. The fourth-order valence-corrected chi connectivity index (χ4v) is 2.66. The van der Waals surface area contributed by atoms with Gasteiger partial charge in [0.2, 0.25) is 0 Å². The Bertz CT molecular complexity index is 842. The van der Waals surface area contributed by atoms with E-state index in [0.29, 0.717) is 18.2 Å². The van der Waals surface area contributed by atoms with Crippen LogP contribution in [0, 0.1) is 0 Å². The lowest BCUT2D eigenvalue weighted by Crippen LogP contribution is -2.15. The van der Waals surface area contributed by atoms with E-state index in [1.165, 1.54) is 0 Å². The first kappa shape index (κ1) is 21.2. The third-order valence-corrected chi connectivity index (χ3v) is 3.85. The maximum absolute atomic E-state index is 12.0. The fraction of sp³-hybridized carbons (Fsp3) is 0.381. The number of amides is 1. The predicted octanol–water partition coefficient (Wildman–Crippen LogP) is 4.40. The topological polar surface area (TPSA) is 82.5 Å². The summed E-state index contributed by atoms with van der Waals surface area (Å²) in [5.41, 5.74) is 2.40. The summed E-state index contributed by atoms with van der Waals surface area (Å²) in [7, 11) is 0. The smallest absolute Gasteiger partial charge is 0.417 e. The summed E-state index contributed by atoms with van der Waals surface area (Å²) < 4.78 is 11.6. The number of allylic oxidation sites excluding steroid dienone is 1. The number of aromatic nitrogens is 2. The number of nitrogens with zero attached hydrogens (tertiary/aromatic N) is 2. The van der Waals surface area contributed by atoms with Crippen molar-refractivity contribution in [3.05, 3.63) is 53.9 Å². The van der Waals surface area contributed by atoms with E-state index in [9.17, 15) is 9.59 Å². The van der Waals surface area contributed by atoms with Crippen LogP contribution in [0.4, 0.5) is 10.6 Å². The fourth-order valence-electron chi connectivity index (χ4n) is 2.66. The number of hydrogen-bond donors (Lipinski definition) is 1. The van der Waals surface area contributed by atoms with Crippen molar-refractivity contribution in [1.82, 2.24) is 9.78 Å². The third-order valence-electron chi connectivity index (χ3n) is 3.85. The summed E-state index contributed by atoms with van der Waals surface area (Å²) in [5, 5.41) is 7.32. The summed E-state index contributed by atoms with van der Waals surface area (Å²) in [6.07, 6.45) is 2.39. The van der Waals surface area contributed by atoms with E-state index in [4.69, 9.17) is 9.47 Å². The zero-order chi connectivity index (χ0) is 20.5. The SMILES string of the molecule is C=C(C)OC(=O)Nc1cc(CCCC)nn1-c1cccc(CC(=O)OCC)c1. The zero-order valence-corrected chi connectivity index (χ0v) is 16.7. The minimum absolute atomic E-state index is 0.173. The summed E-state index contributed by atoms with van der Waals surface area (Å²) in [6.45, 7) is 9.40. The molecular formula is C21H27N3O4. The number of anilines is 1. The van der Waals surface area contributed by atoms with Crippen LogP contribution in [-0.2, 0) is 27.1 Å². The second-order valence-corrected chi connectivity index (χ2v) is 6.40. The molecule has 0 radical (unpaired) electrons. The van der Waals surface area contributed by atoms with E-state index in [2.05, 4.69) is 23.9 Å². The van der Waals surface area contributed by atoms with E-state index in [-0.39, 0.29) is 12.4 Å². The van der Waals surface area contributed by atoms with E-state index in [0.717, 1.165) is 36.2 Å². The first-order chi connectivity index (χ1) is 13.4. The number of rotatable bonds is 9. The van der Waals surface area contributed by atoms with Crippen molar-refractivity contribution in [2.24, 2.45) is 0 Å². The molecular weight excluding hydrogens is 358 g/mol. The quantitative estimate of drug-likeness (QED) is 0.511. The molecule has 2 rings (SSSR count). The molecule has 1 N–H and O–H groups in total. The lowest BCUT2D eigenvalue weighted by atomic mass is 10.1. The molecule has 7 nitrogen and oxygen atoms in total. The number of nitrogens with one attached hydrogen (secondary N) is 1. The Kier molecular flexibility index (Phi) is 7.80. The van der Waals surface area contributed by atoms with Crippen LogP contribution in [0.25, 0.3) is 5.69 Å². The Labute approximate surface area is 165 Å². The van der Waals surface area contributed by atoms with E-state index in [1.807, 2.05) is 30.3 Å². The number of esters is 1. The van der Waals surface area contributed by atoms with Gasteiger partial charge in [0.25, 0.3) is 0 Å². The largest absolute Gasteiger partial charge is 0.466 e. The minimum Gasteiger partial charge on any atom is -0.466 e. The van der Waals surface area contributed by atoms with E-state index >= 15 is 0 Å². The Hall–Kier alpha value is -3.09. The second kappa shape index (κ2) is 10.3. The van der Waals surface area contributed by atoms with Gasteiger partial charge in [0, 0.05) is 6.07 Å². The number of benzene rings is 1. The van der Waals surface area contributed by atoms with E-state index in [1.54, 1.807) is 18.5 Å². The highest BCUT2D eigenvalue weighted by molar-refractivity contribution is 5.84. The highest BCUT2D eigenvalue weighted by atomic mass is 16.6. The predicted molar refractivity (Wildman–Crippen MR) is 107 cm³/mol. The zero-order valence-electron chi connectivity index (χ0n) is 16.7. The van der Waals surface area contributed by atoms with Gasteiger partial charge in [-0.15, -0.1) is 0 Å². The van der Waals surface area contributed by atoms with Gasteiger partial charge in [-0.3, -0.25) is 10.1 Å². The summed E-state index contributed by atoms with van der Waals surface area (Å²) in [5.74, 6) is 0.504. The molecule has 0 aliphatic heterocycles. The first-order valence-electron chi connectivity index (χ1n) is 9.41. The first-order valence-corrected chi connectivity index (χ1v) is 9.41. The molecule has 1 aromatic carbocycles. The number of carbonyl (C=O) groups excluding carboxylic acids is 2. The van der Waals surface area contributed by atoms with Crippen molar-refractivity contribution in [2.45, 2.75) is 46.5 Å². The summed E-state index contributed by atoms with van der Waals surface area (Å²) in [6, 6.07) is 9.23. The average molecular weight is 385 g/mol. The highest BCUT2D eigenvalue weighted by Crippen LogP contribution is 2.20. The second-order valence-electron chi connectivity index (χ2n) is 6.40. The third kappa shape index (κ3) is 6.26. The molecule has 150 valence electrons. The van der Waals surface area contributed by atoms with Gasteiger partial charge in [-0.05, 0) is 44.4 Å². The summed E-state index contributed by atoms with van der Waals surface area (Å²) in [4.78, 5) is 23.8. The van der Waals surface area contributed by atoms with Crippen molar-refractivity contribution in [3.63, 3.8) is 0 Å². The van der Waals surface area contributed by atoms with Gasteiger partial charge >= 0.3 is 12.1 Å². The van der Waals surface area contributed by atoms with Crippen LogP contribution in [-0.4, -0.2) is 28.4 Å². The molecule has 1 amide bonds. The van der Waals surface area contributed by atoms with Gasteiger partial charge in [0.15, 0.2) is 0 Å². The molecule has 7 heteroatoms. The Morgan fingerprint density at radius 2 is 2.04 bits per heavy atom. The van der Waals surface area contributed by atoms with Gasteiger partial charge in [0.05, 0.1) is 30.2 Å². The molecule has 0 saturated heterocycles. The van der Waals surface area contributed by atoms with Gasteiger partial charge in [-0.25, -0.2) is 9.48 Å². The molecule has 0 fully saturated rings. The molecule has 0 spiro atoms. The van der Waals surface area contributed by atoms with Gasteiger partial charge in [-0.2, -0.15) is 5.10 Å². The van der Waals surface area contributed by atoms with Crippen LogP contribution in [0.1, 0.15) is 44.9 Å². The molecule has 0 bridgehead atoms. The molecule has 0 unspecified atom stereocenters. The van der Waals surface area contributed by atoms with Crippen LogP contribution >= 0.6 is 0 Å². The van der Waals surface area contributed by atoms with Crippen LogP contribution < -0.4 is 5.32 Å². The number of ether oxygens (including phenoxy) is 2. The van der Waals surface area contributed by atoms with Crippen molar-refractivity contribution in [2.75, 3.05) is 11.9 Å². The van der Waals surface area contributed by atoms with Crippen molar-refractivity contribution >= 4 is 17.9 Å². The molecule has 1 aromatic heterocycles. The highest BCUT2D eigenvalue weighted by Gasteiger charge is 2.14. The summed E-state index contributed by atoms with van der Waals surface area (Å²) >= 11 is 0. The molecule has 1 heterocycles. The maximum atomic E-state index is 12.0.